The Hall–Kier alpha value is -0.850. The highest BCUT2D eigenvalue weighted by molar-refractivity contribution is 5.72. The van der Waals surface area contributed by atoms with Gasteiger partial charge in [0.1, 0.15) is 0 Å². The molecule has 1 rings (SSSR count). The van der Waals surface area contributed by atoms with Crippen molar-refractivity contribution >= 4 is 6.21 Å². The molecular formula is C8H11N. The molecule has 0 fully saturated rings. The van der Waals surface area contributed by atoms with Gasteiger partial charge in [-0.1, -0.05) is 11.6 Å². The molecule has 0 aromatic rings. The van der Waals surface area contributed by atoms with Crippen LogP contribution in [0.1, 0.15) is 19.8 Å². The third kappa shape index (κ3) is 2.27. The first-order chi connectivity index (χ1) is 4.39. The lowest BCUT2D eigenvalue weighted by atomic mass is 10.1. The molecular weight excluding hydrogens is 110 g/mol. The van der Waals surface area contributed by atoms with E-state index in [1.807, 2.05) is 12.4 Å². The van der Waals surface area contributed by atoms with Gasteiger partial charge in [-0.25, -0.2) is 0 Å². The summed E-state index contributed by atoms with van der Waals surface area (Å²) >= 11 is 0. The zero-order valence-electron chi connectivity index (χ0n) is 5.67. The summed E-state index contributed by atoms with van der Waals surface area (Å²) in [4.78, 5) is 4.00. The highest BCUT2D eigenvalue weighted by Crippen LogP contribution is 2.04. The van der Waals surface area contributed by atoms with Gasteiger partial charge in [-0.05, 0) is 25.8 Å². The minimum Gasteiger partial charge on any atom is -0.265 e. The lowest BCUT2D eigenvalue weighted by Crippen LogP contribution is -1.79. The maximum atomic E-state index is 4.00. The molecule has 1 nitrogen and oxygen atoms in total. The molecule has 0 saturated carbocycles. The van der Waals surface area contributed by atoms with Crippen molar-refractivity contribution < 1.29 is 0 Å². The Morgan fingerprint density at radius 1 is 1.56 bits per heavy atom. The molecule has 0 aromatic heterocycles. The number of allylic oxidation sites excluding steroid dienone is 3. The largest absolute Gasteiger partial charge is 0.265 e. The number of aliphatic imine (C=N–C) groups is 1. The molecule has 0 atom stereocenters. The van der Waals surface area contributed by atoms with Crippen LogP contribution >= 0.6 is 0 Å². The smallest absolute Gasteiger partial charge is 0.0267 e. The van der Waals surface area contributed by atoms with E-state index >= 15 is 0 Å². The third-order valence-corrected chi connectivity index (χ3v) is 1.34. The van der Waals surface area contributed by atoms with E-state index in [1.54, 1.807) is 0 Å². The molecule has 0 aromatic carbocycles. The first-order valence-corrected chi connectivity index (χ1v) is 3.23. The van der Waals surface area contributed by atoms with Gasteiger partial charge < -0.3 is 0 Å². The third-order valence-electron chi connectivity index (χ3n) is 1.34. The Morgan fingerprint density at radius 2 is 2.44 bits per heavy atom. The van der Waals surface area contributed by atoms with Gasteiger partial charge in [-0.3, -0.25) is 4.99 Å². The summed E-state index contributed by atoms with van der Waals surface area (Å²) in [5, 5.41) is 0. The van der Waals surface area contributed by atoms with E-state index in [0.717, 1.165) is 6.42 Å². The Kier molecular flexibility index (Phi) is 2.25. The molecule has 1 heterocycles. The zero-order chi connectivity index (χ0) is 6.53. The van der Waals surface area contributed by atoms with Crippen molar-refractivity contribution in [3.8, 4) is 0 Å². The number of hydrogen-bond acceptors (Lipinski definition) is 1. The SMILES string of the molecule is C/C1=C/C=N/C=C\CC1. The van der Waals surface area contributed by atoms with Gasteiger partial charge >= 0.3 is 0 Å². The van der Waals surface area contributed by atoms with Crippen molar-refractivity contribution in [1.29, 1.82) is 0 Å². The van der Waals surface area contributed by atoms with Gasteiger partial charge in [0.15, 0.2) is 0 Å². The molecule has 1 heteroatoms. The summed E-state index contributed by atoms with van der Waals surface area (Å²) in [6.45, 7) is 2.13. The normalized spacial score (nSPS) is 31.4. The Labute approximate surface area is 55.8 Å². The first-order valence-electron chi connectivity index (χ1n) is 3.23. The van der Waals surface area contributed by atoms with E-state index < -0.39 is 0 Å². The van der Waals surface area contributed by atoms with Crippen LogP contribution < -0.4 is 0 Å². The second-order valence-corrected chi connectivity index (χ2v) is 2.23. The van der Waals surface area contributed by atoms with E-state index in [2.05, 4.69) is 24.1 Å². The van der Waals surface area contributed by atoms with Gasteiger partial charge in [0, 0.05) is 12.4 Å². The molecule has 0 unspecified atom stereocenters. The van der Waals surface area contributed by atoms with Crippen molar-refractivity contribution in [2.45, 2.75) is 19.8 Å². The van der Waals surface area contributed by atoms with Crippen LogP contribution in [0.2, 0.25) is 0 Å². The van der Waals surface area contributed by atoms with Crippen molar-refractivity contribution in [2.75, 3.05) is 0 Å². The van der Waals surface area contributed by atoms with Gasteiger partial charge in [-0.15, -0.1) is 0 Å². The number of hydrogen-bond donors (Lipinski definition) is 0. The molecule has 0 saturated heterocycles. The van der Waals surface area contributed by atoms with Crippen LogP contribution in [0.4, 0.5) is 0 Å². The lowest BCUT2D eigenvalue weighted by molar-refractivity contribution is 0.975. The van der Waals surface area contributed by atoms with E-state index in [1.165, 1.54) is 12.0 Å². The summed E-state index contributed by atoms with van der Waals surface area (Å²) in [6.07, 6.45) is 10.1. The maximum Gasteiger partial charge on any atom is 0.0267 e. The molecule has 0 N–H and O–H groups in total. The van der Waals surface area contributed by atoms with E-state index in [4.69, 9.17) is 0 Å². The zero-order valence-corrected chi connectivity index (χ0v) is 5.67. The van der Waals surface area contributed by atoms with Gasteiger partial charge in [-0.2, -0.15) is 0 Å². The van der Waals surface area contributed by atoms with Gasteiger partial charge in [0.2, 0.25) is 0 Å². The Balaban J connectivity index is 2.62. The summed E-state index contributed by atoms with van der Waals surface area (Å²) in [6, 6.07) is 0. The first kappa shape index (κ1) is 6.27. The van der Waals surface area contributed by atoms with Crippen LogP contribution in [0.3, 0.4) is 0 Å². The van der Waals surface area contributed by atoms with E-state index in [-0.39, 0.29) is 0 Å². The van der Waals surface area contributed by atoms with Crippen LogP contribution in [-0.2, 0) is 0 Å². The fourth-order valence-corrected chi connectivity index (χ4v) is 0.750. The topological polar surface area (TPSA) is 12.4 Å². The number of rotatable bonds is 0. The maximum absolute atomic E-state index is 4.00. The van der Waals surface area contributed by atoms with Crippen LogP contribution in [0.25, 0.3) is 0 Å². The van der Waals surface area contributed by atoms with Crippen LogP contribution in [-0.4, -0.2) is 6.21 Å². The van der Waals surface area contributed by atoms with Crippen molar-refractivity contribution in [2.24, 2.45) is 4.99 Å². The quantitative estimate of drug-likeness (QED) is 0.466. The van der Waals surface area contributed by atoms with Crippen molar-refractivity contribution in [1.82, 2.24) is 0 Å². The van der Waals surface area contributed by atoms with Crippen LogP contribution in [0.15, 0.2) is 28.9 Å². The molecule has 1 aliphatic rings. The minimum atomic E-state index is 1.12. The molecule has 0 aliphatic carbocycles. The summed E-state index contributed by atoms with van der Waals surface area (Å²) in [7, 11) is 0. The van der Waals surface area contributed by atoms with Gasteiger partial charge in [0.25, 0.3) is 0 Å². The van der Waals surface area contributed by atoms with Crippen molar-refractivity contribution in [3.05, 3.63) is 23.9 Å². The summed E-state index contributed by atoms with van der Waals surface area (Å²) in [5.74, 6) is 0. The number of nitrogens with zero attached hydrogens (tertiary/aromatic N) is 1. The molecule has 0 spiro atoms. The molecule has 0 amide bonds. The minimum absolute atomic E-state index is 1.12. The molecule has 9 heavy (non-hydrogen) atoms. The van der Waals surface area contributed by atoms with Gasteiger partial charge in [0.05, 0.1) is 0 Å². The average molecular weight is 121 g/mol. The molecule has 0 bridgehead atoms. The van der Waals surface area contributed by atoms with E-state index in [9.17, 15) is 0 Å². The molecule has 48 valence electrons. The predicted octanol–water partition coefficient (Wildman–Crippen LogP) is 2.31. The van der Waals surface area contributed by atoms with Crippen LogP contribution in [0, 0.1) is 0 Å². The Morgan fingerprint density at radius 3 is 3.33 bits per heavy atom. The Bertz CT molecular complexity index is 163. The highest BCUT2D eigenvalue weighted by atomic mass is 14.7. The monoisotopic (exact) mass is 121 g/mol. The van der Waals surface area contributed by atoms with Crippen LogP contribution in [0.5, 0.6) is 0 Å². The summed E-state index contributed by atoms with van der Waals surface area (Å²) in [5.41, 5.74) is 1.41. The lowest BCUT2D eigenvalue weighted by Gasteiger charge is -1.95. The molecule has 1 aliphatic heterocycles. The second kappa shape index (κ2) is 3.23. The highest BCUT2D eigenvalue weighted by Gasteiger charge is 1.86. The molecule has 0 radical (unpaired) electrons. The fraction of sp³-hybridized carbons (Fsp3) is 0.375. The fourth-order valence-electron chi connectivity index (χ4n) is 0.750. The van der Waals surface area contributed by atoms with E-state index in [0.29, 0.717) is 0 Å². The summed E-state index contributed by atoms with van der Waals surface area (Å²) < 4.78 is 0. The predicted molar refractivity (Wildman–Crippen MR) is 40.6 cm³/mol. The average Bonchev–Trinajstić information content (AvgIpc) is 1.79. The second-order valence-electron chi connectivity index (χ2n) is 2.23. The van der Waals surface area contributed by atoms with Crippen molar-refractivity contribution in [3.63, 3.8) is 0 Å². The standard InChI is InChI=1S/C8H11N/c1-8-4-2-3-6-9-7-5-8/h3,5-7H,2,4H2,1H3/b6-3-,8-5-,9-7+.